The smallest absolute Gasteiger partial charge is 0.133 e. The molecule has 0 aliphatic carbocycles. The molecule has 1 fully saturated rings. The first-order valence-electron chi connectivity index (χ1n) is 5.54. The Kier molecular flexibility index (Phi) is 4.18. The van der Waals surface area contributed by atoms with Gasteiger partial charge in [-0.25, -0.2) is 4.39 Å². The zero-order chi connectivity index (χ0) is 11.4. The molecule has 16 heavy (non-hydrogen) atoms. The molecule has 1 unspecified atom stereocenters. The van der Waals surface area contributed by atoms with Gasteiger partial charge in [0.05, 0.1) is 11.1 Å². The molecular weight excluding hydrogens is 273 g/mol. The van der Waals surface area contributed by atoms with E-state index in [4.69, 9.17) is 4.74 Å². The SMILES string of the molecule is Fc1ccc(OCC2CCCNC2)c(Br)c1. The zero-order valence-electron chi connectivity index (χ0n) is 9.01. The lowest BCUT2D eigenvalue weighted by atomic mass is 10.0. The van der Waals surface area contributed by atoms with Crippen LogP contribution in [0.25, 0.3) is 0 Å². The van der Waals surface area contributed by atoms with E-state index in [1.807, 2.05) is 0 Å². The third kappa shape index (κ3) is 3.19. The highest BCUT2D eigenvalue weighted by Crippen LogP contribution is 2.26. The number of hydrogen-bond acceptors (Lipinski definition) is 2. The van der Waals surface area contributed by atoms with Crippen molar-refractivity contribution in [2.75, 3.05) is 19.7 Å². The van der Waals surface area contributed by atoms with Gasteiger partial charge in [0.1, 0.15) is 11.6 Å². The molecule has 0 radical (unpaired) electrons. The molecule has 0 saturated carbocycles. The summed E-state index contributed by atoms with van der Waals surface area (Å²) in [6, 6.07) is 4.50. The summed E-state index contributed by atoms with van der Waals surface area (Å²) in [5.41, 5.74) is 0. The summed E-state index contributed by atoms with van der Waals surface area (Å²) < 4.78 is 19.2. The molecule has 1 heterocycles. The number of rotatable bonds is 3. The molecule has 1 aliphatic rings. The van der Waals surface area contributed by atoms with E-state index in [9.17, 15) is 4.39 Å². The molecule has 0 bridgehead atoms. The van der Waals surface area contributed by atoms with Gasteiger partial charge >= 0.3 is 0 Å². The van der Waals surface area contributed by atoms with Crippen LogP contribution < -0.4 is 10.1 Å². The maximum atomic E-state index is 12.8. The molecule has 88 valence electrons. The van der Waals surface area contributed by atoms with E-state index in [-0.39, 0.29) is 5.82 Å². The predicted molar refractivity (Wildman–Crippen MR) is 65.2 cm³/mol. The Morgan fingerprint density at radius 3 is 3.06 bits per heavy atom. The summed E-state index contributed by atoms with van der Waals surface area (Å²) in [5.74, 6) is 1.02. The highest BCUT2D eigenvalue weighted by atomic mass is 79.9. The Morgan fingerprint density at radius 2 is 2.38 bits per heavy atom. The number of piperidine rings is 1. The summed E-state index contributed by atoms with van der Waals surface area (Å²) in [6.07, 6.45) is 2.41. The van der Waals surface area contributed by atoms with Gasteiger partial charge in [0.2, 0.25) is 0 Å². The predicted octanol–water partition coefficient (Wildman–Crippen LogP) is 2.97. The number of ether oxygens (including phenoxy) is 1. The normalized spacial score (nSPS) is 20.8. The molecule has 1 atom stereocenters. The maximum Gasteiger partial charge on any atom is 0.133 e. The van der Waals surface area contributed by atoms with Gasteiger partial charge in [0.25, 0.3) is 0 Å². The van der Waals surface area contributed by atoms with Gasteiger partial charge in [-0.3, -0.25) is 0 Å². The Labute approximate surface area is 103 Å². The largest absolute Gasteiger partial charge is 0.492 e. The number of benzene rings is 1. The van der Waals surface area contributed by atoms with Crippen molar-refractivity contribution in [2.45, 2.75) is 12.8 Å². The van der Waals surface area contributed by atoms with Gasteiger partial charge in [-0.2, -0.15) is 0 Å². The summed E-state index contributed by atoms with van der Waals surface area (Å²) in [5, 5.41) is 3.34. The van der Waals surface area contributed by atoms with E-state index in [0.29, 0.717) is 22.7 Å². The summed E-state index contributed by atoms with van der Waals surface area (Å²) >= 11 is 3.29. The average molecular weight is 288 g/mol. The second-order valence-electron chi connectivity index (χ2n) is 4.10. The minimum atomic E-state index is -0.251. The standard InChI is InChI=1S/C12H15BrFNO/c13-11-6-10(14)3-4-12(11)16-8-9-2-1-5-15-7-9/h3-4,6,9,15H,1-2,5,7-8H2. The first-order chi connectivity index (χ1) is 7.75. The fourth-order valence-corrected chi connectivity index (χ4v) is 2.33. The quantitative estimate of drug-likeness (QED) is 0.923. The molecular formula is C12H15BrFNO. The number of nitrogens with one attached hydrogen (secondary N) is 1. The van der Waals surface area contributed by atoms with E-state index in [1.165, 1.54) is 25.0 Å². The monoisotopic (exact) mass is 287 g/mol. The molecule has 1 aliphatic heterocycles. The second kappa shape index (κ2) is 5.64. The molecule has 1 saturated heterocycles. The minimum Gasteiger partial charge on any atom is -0.492 e. The van der Waals surface area contributed by atoms with E-state index in [1.54, 1.807) is 6.07 Å². The third-order valence-corrected chi connectivity index (χ3v) is 3.39. The molecule has 2 rings (SSSR count). The van der Waals surface area contributed by atoms with Crippen LogP contribution in [0.3, 0.4) is 0 Å². The van der Waals surface area contributed by atoms with Crippen LogP contribution in [-0.4, -0.2) is 19.7 Å². The lowest BCUT2D eigenvalue weighted by molar-refractivity contribution is 0.217. The minimum absolute atomic E-state index is 0.251. The van der Waals surface area contributed by atoms with Crippen molar-refractivity contribution in [1.82, 2.24) is 5.32 Å². The van der Waals surface area contributed by atoms with Gasteiger partial charge in [0, 0.05) is 12.5 Å². The molecule has 1 N–H and O–H groups in total. The lowest BCUT2D eigenvalue weighted by Gasteiger charge is -2.23. The van der Waals surface area contributed by atoms with Gasteiger partial charge < -0.3 is 10.1 Å². The topological polar surface area (TPSA) is 21.3 Å². The Morgan fingerprint density at radius 1 is 1.50 bits per heavy atom. The molecule has 1 aromatic carbocycles. The second-order valence-corrected chi connectivity index (χ2v) is 4.95. The summed E-state index contributed by atoms with van der Waals surface area (Å²) in [7, 11) is 0. The molecule has 0 amide bonds. The zero-order valence-corrected chi connectivity index (χ0v) is 10.6. The summed E-state index contributed by atoms with van der Waals surface area (Å²) in [6.45, 7) is 2.81. The van der Waals surface area contributed by atoms with Crippen molar-refractivity contribution in [1.29, 1.82) is 0 Å². The van der Waals surface area contributed by atoms with Crippen molar-refractivity contribution in [3.05, 3.63) is 28.5 Å². The first-order valence-corrected chi connectivity index (χ1v) is 6.33. The maximum absolute atomic E-state index is 12.8. The molecule has 2 nitrogen and oxygen atoms in total. The first kappa shape index (κ1) is 11.9. The Hall–Kier alpha value is -0.610. The van der Waals surface area contributed by atoms with E-state index in [0.717, 1.165) is 13.1 Å². The molecule has 0 aromatic heterocycles. The van der Waals surface area contributed by atoms with Gasteiger partial charge in [-0.1, -0.05) is 0 Å². The lowest BCUT2D eigenvalue weighted by Crippen LogP contribution is -2.33. The fraction of sp³-hybridized carbons (Fsp3) is 0.500. The number of halogens is 2. The molecule has 0 spiro atoms. The molecule has 1 aromatic rings. The van der Waals surface area contributed by atoms with Gasteiger partial charge in [-0.05, 0) is 53.5 Å². The van der Waals surface area contributed by atoms with Gasteiger partial charge in [0.15, 0.2) is 0 Å². The van der Waals surface area contributed by atoms with Crippen LogP contribution in [0.2, 0.25) is 0 Å². The van der Waals surface area contributed by atoms with Crippen LogP contribution in [-0.2, 0) is 0 Å². The van der Waals surface area contributed by atoms with Crippen molar-refractivity contribution in [3.63, 3.8) is 0 Å². The van der Waals surface area contributed by atoms with Crippen LogP contribution >= 0.6 is 15.9 Å². The van der Waals surface area contributed by atoms with Crippen LogP contribution in [0, 0.1) is 11.7 Å². The number of hydrogen-bond donors (Lipinski definition) is 1. The van der Waals surface area contributed by atoms with Gasteiger partial charge in [-0.15, -0.1) is 0 Å². The Bertz CT molecular complexity index is 353. The summed E-state index contributed by atoms with van der Waals surface area (Å²) in [4.78, 5) is 0. The average Bonchev–Trinajstić information content (AvgIpc) is 2.29. The van der Waals surface area contributed by atoms with Crippen molar-refractivity contribution in [3.8, 4) is 5.75 Å². The van der Waals surface area contributed by atoms with E-state index < -0.39 is 0 Å². The van der Waals surface area contributed by atoms with Crippen molar-refractivity contribution in [2.24, 2.45) is 5.92 Å². The fourth-order valence-electron chi connectivity index (χ4n) is 1.87. The highest BCUT2D eigenvalue weighted by Gasteiger charge is 2.14. The van der Waals surface area contributed by atoms with E-state index in [2.05, 4.69) is 21.2 Å². The Balaban J connectivity index is 1.88. The van der Waals surface area contributed by atoms with Crippen molar-refractivity contribution < 1.29 is 9.13 Å². The highest BCUT2D eigenvalue weighted by molar-refractivity contribution is 9.10. The van der Waals surface area contributed by atoms with Crippen molar-refractivity contribution >= 4 is 15.9 Å². The van der Waals surface area contributed by atoms with Crippen LogP contribution in [0.5, 0.6) is 5.75 Å². The van der Waals surface area contributed by atoms with Crippen LogP contribution in [0.4, 0.5) is 4.39 Å². The molecule has 4 heteroatoms. The third-order valence-electron chi connectivity index (χ3n) is 2.77. The van der Waals surface area contributed by atoms with Crippen LogP contribution in [0.1, 0.15) is 12.8 Å². The van der Waals surface area contributed by atoms with Crippen LogP contribution in [0.15, 0.2) is 22.7 Å². The van der Waals surface area contributed by atoms with E-state index >= 15 is 0 Å².